The lowest BCUT2D eigenvalue weighted by Gasteiger charge is -2.13. The Morgan fingerprint density at radius 3 is 2.63 bits per heavy atom. The molecule has 0 aliphatic carbocycles. The van der Waals surface area contributed by atoms with Crippen molar-refractivity contribution in [3.05, 3.63) is 75.3 Å². The van der Waals surface area contributed by atoms with Gasteiger partial charge in [0.2, 0.25) is 0 Å². The Balaban J connectivity index is 1.54. The summed E-state index contributed by atoms with van der Waals surface area (Å²) >= 11 is 1.48. The number of quaternary nitrogens is 1. The fourth-order valence-corrected chi connectivity index (χ4v) is 4.23. The average molecular weight is 380 g/mol. The van der Waals surface area contributed by atoms with Crippen LogP contribution in [0, 0.1) is 0 Å². The molecule has 1 aromatic carbocycles. The number of hydrogen-bond donors (Lipinski definition) is 2. The molecule has 1 unspecified atom stereocenters. The van der Waals surface area contributed by atoms with E-state index in [1.807, 2.05) is 17.5 Å². The normalized spacial score (nSPS) is 12.5. The SMILES string of the molecule is CCc1ccc(C[NH+](C)Cc2nc3scc(-c4ccco4)c3c(=O)[nH]2)cc1. The summed E-state index contributed by atoms with van der Waals surface area (Å²) in [4.78, 5) is 22.3. The molecule has 5 nitrogen and oxygen atoms in total. The number of fused-ring (bicyclic) bond motifs is 1. The molecule has 27 heavy (non-hydrogen) atoms. The van der Waals surface area contributed by atoms with Gasteiger partial charge in [-0.05, 0) is 24.1 Å². The number of nitrogens with zero attached hydrogens (tertiary/aromatic N) is 1. The molecule has 0 aliphatic heterocycles. The van der Waals surface area contributed by atoms with Crippen molar-refractivity contribution in [2.45, 2.75) is 26.4 Å². The molecule has 0 amide bonds. The van der Waals surface area contributed by atoms with Crippen molar-refractivity contribution in [2.24, 2.45) is 0 Å². The van der Waals surface area contributed by atoms with Crippen LogP contribution in [0.5, 0.6) is 0 Å². The Morgan fingerprint density at radius 2 is 1.93 bits per heavy atom. The van der Waals surface area contributed by atoms with Gasteiger partial charge in [-0.2, -0.15) is 0 Å². The van der Waals surface area contributed by atoms with Gasteiger partial charge in [-0.25, -0.2) is 4.98 Å². The number of furan rings is 1. The summed E-state index contributed by atoms with van der Waals surface area (Å²) in [5.41, 5.74) is 3.32. The molecule has 1 atom stereocenters. The average Bonchev–Trinajstić information content (AvgIpc) is 3.31. The first-order valence-electron chi connectivity index (χ1n) is 9.07. The molecule has 0 saturated carbocycles. The van der Waals surface area contributed by atoms with E-state index in [2.05, 4.69) is 48.2 Å². The van der Waals surface area contributed by atoms with E-state index in [0.717, 1.165) is 23.4 Å². The number of rotatable bonds is 6. The Kier molecular flexibility index (Phi) is 4.92. The summed E-state index contributed by atoms with van der Waals surface area (Å²) in [6, 6.07) is 12.4. The molecule has 0 saturated heterocycles. The number of benzene rings is 1. The smallest absolute Gasteiger partial charge is 0.260 e. The minimum Gasteiger partial charge on any atom is -0.464 e. The highest BCUT2D eigenvalue weighted by Gasteiger charge is 2.16. The van der Waals surface area contributed by atoms with Crippen LogP contribution in [0.2, 0.25) is 0 Å². The van der Waals surface area contributed by atoms with Gasteiger partial charge in [-0.1, -0.05) is 31.2 Å². The second-order valence-corrected chi connectivity index (χ2v) is 7.66. The van der Waals surface area contributed by atoms with Gasteiger partial charge >= 0.3 is 0 Å². The van der Waals surface area contributed by atoms with Gasteiger partial charge in [-0.15, -0.1) is 11.3 Å². The van der Waals surface area contributed by atoms with E-state index in [0.29, 0.717) is 23.5 Å². The Labute approximate surface area is 161 Å². The maximum Gasteiger partial charge on any atom is 0.260 e. The third kappa shape index (κ3) is 3.72. The second-order valence-electron chi connectivity index (χ2n) is 6.80. The first kappa shape index (κ1) is 17.7. The van der Waals surface area contributed by atoms with E-state index in [1.54, 1.807) is 6.26 Å². The molecule has 0 aliphatic rings. The van der Waals surface area contributed by atoms with Crippen molar-refractivity contribution in [3.63, 3.8) is 0 Å². The molecular weight excluding hydrogens is 358 g/mol. The van der Waals surface area contributed by atoms with Gasteiger partial charge in [0.1, 0.15) is 23.7 Å². The zero-order chi connectivity index (χ0) is 18.8. The fourth-order valence-electron chi connectivity index (χ4n) is 3.28. The molecule has 4 aromatic rings. The number of aromatic amines is 1. The topological polar surface area (TPSA) is 63.3 Å². The number of hydrogen-bond acceptors (Lipinski definition) is 4. The first-order chi connectivity index (χ1) is 13.1. The zero-order valence-electron chi connectivity index (χ0n) is 15.4. The quantitative estimate of drug-likeness (QED) is 0.540. The Morgan fingerprint density at radius 1 is 1.15 bits per heavy atom. The molecular formula is C21H22N3O2S+. The van der Waals surface area contributed by atoms with Crippen molar-refractivity contribution in [2.75, 3.05) is 7.05 Å². The summed E-state index contributed by atoms with van der Waals surface area (Å²) < 4.78 is 5.44. The maximum absolute atomic E-state index is 12.6. The van der Waals surface area contributed by atoms with Crippen LogP contribution >= 0.6 is 11.3 Å². The van der Waals surface area contributed by atoms with E-state index in [1.165, 1.54) is 27.4 Å². The predicted molar refractivity (Wildman–Crippen MR) is 108 cm³/mol. The van der Waals surface area contributed by atoms with Crippen LogP contribution < -0.4 is 10.5 Å². The predicted octanol–water partition coefficient (Wildman–Crippen LogP) is 3.02. The van der Waals surface area contributed by atoms with Crippen LogP contribution in [0.15, 0.2) is 57.3 Å². The van der Waals surface area contributed by atoms with E-state index < -0.39 is 0 Å². The summed E-state index contributed by atoms with van der Waals surface area (Å²) in [5, 5.41) is 2.54. The van der Waals surface area contributed by atoms with E-state index in [9.17, 15) is 4.79 Å². The molecule has 0 radical (unpaired) electrons. The molecule has 6 heteroatoms. The lowest BCUT2D eigenvalue weighted by molar-refractivity contribution is -0.908. The van der Waals surface area contributed by atoms with Crippen LogP contribution in [0.1, 0.15) is 23.9 Å². The minimum absolute atomic E-state index is 0.109. The summed E-state index contributed by atoms with van der Waals surface area (Å²) in [6.07, 6.45) is 2.66. The van der Waals surface area contributed by atoms with Crippen LogP contribution in [0.25, 0.3) is 21.5 Å². The van der Waals surface area contributed by atoms with Crippen LogP contribution in [0.3, 0.4) is 0 Å². The Bertz CT molecular complexity index is 1090. The minimum atomic E-state index is -0.109. The Hall–Kier alpha value is -2.70. The third-order valence-electron chi connectivity index (χ3n) is 4.69. The highest BCUT2D eigenvalue weighted by Crippen LogP contribution is 2.30. The van der Waals surface area contributed by atoms with Crippen molar-refractivity contribution in [3.8, 4) is 11.3 Å². The monoisotopic (exact) mass is 380 g/mol. The highest BCUT2D eigenvalue weighted by atomic mass is 32.1. The molecule has 3 heterocycles. The molecule has 0 spiro atoms. The van der Waals surface area contributed by atoms with E-state index >= 15 is 0 Å². The second kappa shape index (κ2) is 7.50. The molecule has 138 valence electrons. The van der Waals surface area contributed by atoms with Gasteiger partial charge < -0.3 is 14.3 Å². The molecule has 0 fully saturated rings. The van der Waals surface area contributed by atoms with Gasteiger partial charge in [0.05, 0.1) is 18.7 Å². The summed E-state index contributed by atoms with van der Waals surface area (Å²) in [5.74, 6) is 1.41. The lowest BCUT2D eigenvalue weighted by Crippen LogP contribution is -3.06. The first-order valence-corrected chi connectivity index (χ1v) is 9.95. The van der Waals surface area contributed by atoms with E-state index in [-0.39, 0.29) is 5.56 Å². The largest absolute Gasteiger partial charge is 0.464 e. The maximum atomic E-state index is 12.6. The molecule has 2 N–H and O–H groups in total. The third-order valence-corrected chi connectivity index (χ3v) is 5.56. The standard InChI is InChI=1S/C21H21N3O2S/c1-3-14-6-8-15(9-7-14)11-24(2)12-18-22-20(25)19-16(13-27-21(19)23-18)17-5-4-10-26-17/h4-10,13H,3,11-12H2,1-2H3,(H,22,23,25)/p+1. The highest BCUT2D eigenvalue weighted by molar-refractivity contribution is 7.17. The van der Waals surface area contributed by atoms with Gasteiger partial charge in [-0.3, -0.25) is 4.79 Å². The molecule has 0 bridgehead atoms. The molecule has 4 rings (SSSR count). The number of aromatic nitrogens is 2. The number of nitrogens with one attached hydrogen (secondary N) is 2. The van der Waals surface area contributed by atoms with Crippen LogP contribution in [-0.2, 0) is 19.5 Å². The molecule has 3 aromatic heterocycles. The van der Waals surface area contributed by atoms with Gasteiger partial charge in [0.25, 0.3) is 5.56 Å². The van der Waals surface area contributed by atoms with Crippen molar-refractivity contribution in [1.82, 2.24) is 9.97 Å². The van der Waals surface area contributed by atoms with Gasteiger partial charge in [0, 0.05) is 16.5 Å². The van der Waals surface area contributed by atoms with E-state index in [4.69, 9.17) is 4.42 Å². The zero-order valence-corrected chi connectivity index (χ0v) is 16.2. The summed E-state index contributed by atoms with van der Waals surface area (Å²) in [7, 11) is 2.11. The number of aryl methyl sites for hydroxylation is 1. The number of H-pyrrole nitrogens is 1. The van der Waals surface area contributed by atoms with Gasteiger partial charge in [0.15, 0.2) is 5.82 Å². The van der Waals surface area contributed by atoms with Crippen LogP contribution in [-0.4, -0.2) is 17.0 Å². The summed E-state index contributed by atoms with van der Waals surface area (Å²) in [6.45, 7) is 3.70. The van der Waals surface area contributed by atoms with Crippen molar-refractivity contribution >= 4 is 21.6 Å². The van der Waals surface area contributed by atoms with Crippen molar-refractivity contribution in [1.29, 1.82) is 0 Å². The van der Waals surface area contributed by atoms with Crippen LogP contribution in [0.4, 0.5) is 0 Å². The van der Waals surface area contributed by atoms with Crippen molar-refractivity contribution < 1.29 is 9.32 Å². The number of thiophene rings is 1. The fraction of sp³-hybridized carbons (Fsp3) is 0.238. The lowest BCUT2D eigenvalue weighted by atomic mass is 10.1.